The zero-order valence-electron chi connectivity index (χ0n) is 14.3. The lowest BCUT2D eigenvalue weighted by molar-refractivity contribution is -0.126. The number of imide groups is 1. The molecule has 9 heteroatoms. The van der Waals surface area contributed by atoms with E-state index in [0.29, 0.717) is 23.6 Å². The maximum Gasteiger partial charge on any atom is 0.341 e. The van der Waals surface area contributed by atoms with Crippen LogP contribution in [0, 0.1) is 0 Å². The van der Waals surface area contributed by atoms with Crippen LogP contribution in [0.1, 0.15) is 47.7 Å². The molecule has 1 fully saturated rings. The molecule has 7 nitrogen and oxygen atoms in total. The number of hydrogen-bond donors (Lipinski definition) is 1. The van der Waals surface area contributed by atoms with Crippen LogP contribution < -0.4 is 5.73 Å². The molecule has 1 unspecified atom stereocenters. The maximum absolute atomic E-state index is 12.5. The summed E-state index contributed by atoms with van der Waals surface area (Å²) in [6.45, 7) is 5.94. The van der Waals surface area contributed by atoms with E-state index in [1.54, 1.807) is 20.8 Å². The molecule has 0 spiro atoms. The highest BCUT2D eigenvalue weighted by Gasteiger charge is 2.37. The Labute approximate surface area is 153 Å². The van der Waals surface area contributed by atoms with Gasteiger partial charge in [-0.2, -0.15) is 0 Å². The number of fused-ring (bicyclic) bond motifs is 1. The van der Waals surface area contributed by atoms with Gasteiger partial charge < -0.3 is 15.2 Å². The fourth-order valence-electron chi connectivity index (χ4n) is 2.80. The molecule has 1 aromatic heterocycles. The number of anilines is 1. The molecule has 0 radical (unpaired) electrons. The van der Waals surface area contributed by atoms with Crippen molar-refractivity contribution in [1.29, 1.82) is 0 Å². The molecule has 2 aliphatic rings. The number of thioether (sulfide) groups is 1. The Morgan fingerprint density at radius 2 is 2.12 bits per heavy atom. The first-order chi connectivity index (χ1) is 11.7. The van der Waals surface area contributed by atoms with Gasteiger partial charge in [-0.05, 0) is 32.8 Å². The fourth-order valence-corrected chi connectivity index (χ4v) is 4.68. The van der Waals surface area contributed by atoms with Crippen molar-refractivity contribution < 1.29 is 23.9 Å². The van der Waals surface area contributed by atoms with Gasteiger partial charge in [0.2, 0.25) is 5.91 Å². The molecular weight excluding hydrogens is 364 g/mol. The standard InChI is InChI=1S/C16H20N2O5S2/c1-16(2,3)23-14(20)11-8-4-5-22-9(12(8)25-13(11)17)6-18-10(19)7-24-15(18)21/h9H,4-7,17H2,1-3H3. The highest BCUT2D eigenvalue weighted by Crippen LogP contribution is 2.41. The number of carbonyl (C=O) groups excluding carboxylic acids is 3. The molecule has 1 aromatic rings. The summed E-state index contributed by atoms with van der Waals surface area (Å²) < 4.78 is 11.2. The lowest BCUT2D eigenvalue weighted by Gasteiger charge is -2.27. The molecule has 3 heterocycles. The molecule has 2 N–H and O–H groups in total. The summed E-state index contributed by atoms with van der Waals surface area (Å²) in [6.07, 6.45) is 0.0870. The van der Waals surface area contributed by atoms with Gasteiger partial charge in [0, 0.05) is 4.88 Å². The smallest absolute Gasteiger partial charge is 0.341 e. The number of amides is 2. The molecule has 0 aromatic carbocycles. The van der Waals surface area contributed by atoms with E-state index in [4.69, 9.17) is 15.2 Å². The first kappa shape index (κ1) is 18.2. The lowest BCUT2D eigenvalue weighted by Crippen LogP contribution is -2.35. The summed E-state index contributed by atoms with van der Waals surface area (Å²) in [4.78, 5) is 38.2. The van der Waals surface area contributed by atoms with Gasteiger partial charge in [0.15, 0.2) is 0 Å². The predicted octanol–water partition coefficient (Wildman–Crippen LogP) is 2.59. The zero-order chi connectivity index (χ0) is 18.4. The number of hydrogen-bond acceptors (Lipinski definition) is 8. The minimum atomic E-state index is -0.617. The van der Waals surface area contributed by atoms with E-state index >= 15 is 0 Å². The van der Waals surface area contributed by atoms with Crippen LogP contribution >= 0.6 is 23.1 Å². The fraction of sp³-hybridized carbons (Fsp3) is 0.562. The largest absolute Gasteiger partial charge is 0.456 e. The average molecular weight is 384 g/mol. The van der Waals surface area contributed by atoms with Gasteiger partial charge in [-0.1, -0.05) is 11.8 Å². The number of ether oxygens (including phenoxy) is 2. The van der Waals surface area contributed by atoms with E-state index in [9.17, 15) is 14.4 Å². The summed E-state index contributed by atoms with van der Waals surface area (Å²) in [5.41, 5.74) is 6.65. The molecule has 2 amide bonds. The van der Waals surface area contributed by atoms with Crippen molar-refractivity contribution in [2.24, 2.45) is 0 Å². The van der Waals surface area contributed by atoms with Gasteiger partial charge in [-0.25, -0.2) is 4.79 Å². The van der Waals surface area contributed by atoms with E-state index in [2.05, 4.69) is 0 Å². The van der Waals surface area contributed by atoms with Crippen molar-refractivity contribution in [3.63, 3.8) is 0 Å². The highest BCUT2D eigenvalue weighted by molar-refractivity contribution is 8.14. The molecule has 0 saturated carbocycles. The Bertz CT molecular complexity index is 722. The lowest BCUT2D eigenvalue weighted by atomic mass is 10.0. The SMILES string of the molecule is CC(C)(C)OC(=O)c1c(N)sc2c1CCOC2CN1C(=O)CSC1=O. The third kappa shape index (κ3) is 3.68. The van der Waals surface area contributed by atoms with Crippen LogP contribution in [0.25, 0.3) is 0 Å². The van der Waals surface area contributed by atoms with Crippen molar-refractivity contribution in [2.75, 3.05) is 24.6 Å². The Hall–Kier alpha value is -1.58. The van der Waals surface area contributed by atoms with Gasteiger partial charge in [0.05, 0.1) is 24.5 Å². The van der Waals surface area contributed by atoms with Crippen molar-refractivity contribution >= 4 is 45.2 Å². The molecule has 136 valence electrons. The van der Waals surface area contributed by atoms with Crippen molar-refractivity contribution in [1.82, 2.24) is 4.90 Å². The van der Waals surface area contributed by atoms with Crippen LogP contribution in [-0.4, -0.2) is 46.5 Å². The van der Waals surface area contributed by atoms with Crippen molar-refractivity contribution in [3.05, 3.63) is 16.0 Å². The van der Waals surface area contributed by atoms with Crippen LogP contribution in [0.3, 0.4) is 0 Å². The quantitative estimate of drug-likeness (QED) is 0.800. The van der Waals surface area contributed by atoms with E-state index < -0.39 is 17.7 Å². The Morgan fingerprint density at radius 1 is 1.40 bits per heavy atom. The first-order valence-corrected chi connectivity index (χ1v) is 9.70. The van der Waals surface area contributed by atoms with Crippen LogP contribution in [0.4, 0.5) is 9.80 Å². The second-order valence-electron chi connectivity index (χ2n) is 6.85. The number of rotatable bonds is 3. The van der Waals surface area contributed by atoms with Crippen LogP contribution in [0.5, 0.6) is 0 Å². The number of nitrogens with two attached hydrogens (primary N) is 1. The Balaban J connectivity index is 1.87. The van der Waals surface area contributed by atoms with Gasteiger partial charge in [-0.15, -0.1) is 11.3 Å². The van der Waals surface area contributed by atoms with Gasteiger partial charge in [0.25, 0.3) is 5.24 Å². The maximum atomic E-state index is 12.5. The summed E-state index contributed by atoms with van der Waals surface area (Å²) in [7, 11) is 0. The minimum Gasteiger partial charge on any atom is -0.456 e. The normalized spacial score (nSPS) is 20.8. The van der Waals surface area contributed by atoms with Crippen LogP contribution in [0.2, 0.25) is 0 Å². The third-order valence-corrected chi connectivity index (χ3v) is 5.83. The van der Waals surface area contributed by atoms with Gasteiger partial charge in [-0.3, -0.25) is 14.5 Å². The molecule has 3 rings (SSSR count). The van der Waals surface area contributed by atoms with Gasteiger partial charge in [0.1, 0.15) is 16.7 Å². The second-order valence-corrected chi connectivity index (χ2v) is 8.86. The minimum absolute atomic E-state index is 0.144. The van der Waals surface area contributed by atoms with Crippen LogP contribution in [-0.2, 0) is 20.7 Å². The van der Waals surface area contributed by atoms with Gasteiger partial charge >= 0.3 is 5.97 Å². The number of thiophene rings is 1. The van der Waals surface area contributed by atoms with E-state index in [1.165, 1.54) is 16.2 Å². The van der Waals surface area contributed by atoms with E-state index in [-0.39, 0.29) is 23.4 Å². The second kappa shape index (κ2) is 6.62. The number of nitrogens with zero attached hydrogens (tertiary/aromatic N) is 1. The third-order valence-electron chi connectivity index (χ3n) is 3.82. The average Bonchev–Trinajstić information content (AvgIpc) is 2.99. The molecule has 0 bridgehead atoms. The molecule has 25 heavy (non-hydrogen) atoms. The van der Waals surface area contributed by atoms with Crippen molar-refractivity contribution in [2.45, 2.75) is 38.9 Å². The zero-order valence-corrected chi connectivity index (χ0v) is 15.9. The summed E-state index contributed by atoms with van der Waals surface area (Å²) in [5, 5.41) is 0.112. The molecule has 1 atom stereocenters. The van der Waals surface area contributed by atoms with Crippen LogP contribution in [0.15, 0.2) is 0 Å². The van der Waals surface area contributed by atoms with E-state index in [1.807, 2.05) is 0 Å². The van der Waals surface area contributed by atoms with Crippen molar-refractivity contribution in [3.8, 4) is 0 Å². The topological polar surface area (TPSA) is 98.9 Å². The monoisotopic (exact) mass is 384 g/mol. The molecule has 2 aliphatic heterocycles. The number of esters is 1. The molecule has 0 aliphatic carbocycles. The molecule has 1 saturated heterocycles. The number of nitrogen functional groups attached to an aromatic ring is 1. The summed E-state index contributed by atoms with van der Waals surface area (Å²) in [5.74, 6) is -0.511. The predicted molar refractivity (Wildman–Crippen MR) is 95.9 cm³/mol. The highest BCUT2D eigenvalue weighted by atomic mass is 32.2. The molecular formula is C16H20N2O5S2. The summed E-state index contributed by atoms with van der Waals surface area (Å²) in [6, 6.07) is 0. The first-order valence-electron chi connectivity index (χ1n) is 7.90. The van der Waals surface area contributed by atoms with E-state index in [0.717, 1.165) is 22.2 Å². The summed E-state index contributed by atoms with van der Waals surface area (Å²) >= 11 is 2.25. The Morgan fingerprint density at radius 3 is 2.72 bits per heavy atom. The number of carbonyl (C=O) groups is 3. The Kier molecular flexibility index (Phi) is 4.82.